The van der Waals surface area contributed by atoms with Crippen LogP contribution >= 0.6 is 0 Å². The number of ether oxygens (including phenoxy) is 4. The van der Waals surface area contributed by atoms with Crippen LogP contribution in [0.4, 0.5) is 4.79 Å². The summed E-state index contributed by atoms with van der Waals surface area (Å²) in [6.07, 6.45) is 0.471. The lowest BCUT2D eigenvalue weighted by Gasteiger charge is -2.28. The summed E-state index contributed by atoms with van der Waals surface area (Å²) >= 11 is 0. The summed E-state index contributed by atoms with van der Waals surface area (Å²) in [4.78, 5) is 27.7. The maximum atomic E-state index is 13.1. The fraction of sp³-hybridized carbons (Fsp3) is 0.355. The highest BCUT2D eigenvalue weighted by molar-refractivity contribution is 5.78. The van der Waals surface area contributed by atoms with E-state index >= 15 is 0 Å². The molecule has 0 fully saturated rings. The number of hydrogen-bond donors (Lipinski definition) is 1. The second kappa shape index (κ2) is 14.2. The fourth-order valence-corrected chi connectivity index (χ4v) is 3.83. The zero-order valence-electron chi connectivity index (χ0n) is 23.0. The molecule has 8 nitrogen and oxygen atoms in total. The van der Waals surface area contributed by atoms with E-state index in [1.165, 1.54) is 0 Å². The largest absolute Gasteiger partial charge is 0.493 e. The maximum Gasteiger partial charge on any atom is 0.410 e. The van der Waals surface area contributed by atoms with Gasteiger partial charge in [0.05, 0.1) is 26.2 Å². The first kappa shape index (κ1) is 29.5. The number of nitrogens with zero attached hydrogens (tertiary/aromatic N) is 1. The van der Waals surface area contributed by atoms with Crippen molar-refractivity contribution in [2.75, 3.05) is 27.3 Å². The van der Waals surface area contributed by atoms with Gasteiger partial charge in [-0.1, -0.05) is 48.5 Å². The third kappa shape index (κ3) is 8.75. The smallest absolute Gasteiger partial charge is 0.410 e. The summed E-state index contributed by atoms with van der Waals surface area (Å²) in [6.45, 7) is 4.34. The van der Waals surface area contributed by atoms with Crippen LogP contribution in [-0.2, 0) is 29.2 Å². The summed E-state index contributed by atoms with van der Waals surface area (Å²) in [5.74, 6) is 1.24. The average Bonchev–Trinajstić information content (AvgIpc) is 2.96. The topological polar surface area (TPSA) is 94.5 Å². The van der Waals surface area contributed by atoms with Gasteiger partial charge in [0, 0.05) is 13.1 Å². The van der Waals surface area contributed by atoms with Crippen LogP contribution in [0.1, 0.15) is 37.0 Å². The number of aliphatic hydroxyl groups is 1. The van der Waals surface area contributed by atoms with Gasteiger partial charge in [0.15, 0.2) is 11.5 Å². The lowest BCUT2D eigenvalue weighted by atomic mass is 9.89. The molecule has 0 aromatic heterocycles. The Labute approximate surface area is 230 Å². The molecule has 0 unspecified atom stereocenters. The number of amides is 1. The summed E-state index contributed by atoms with van der Waals surface area (Å²) < 4.78 is 21.9. The first-order valence-corrected chi connectivity index (χ1v) is 12.8. The number of aliphatic hydroxyl groups excluding tert-OH is 1. The Bertz CT molecular complexity index is 1210. The van der Waals surface area contributed by atoms with Crippen LogP contribution in [0.3, 0.4) is 0 Å². The summed E-state index contributed by atoms with van der Waals surface area (Å²) in [7, 11) is 3.16. The van der Waals surface area contributed by atoms with Crippen LogP contribution in [0.25, 0.3) is 0 Å². The highest BCUT2D eigenvalue weighted by atomic mass is 16.6. The van der Waals surface area contributed by atoms with Crippen molar-refractivity contribution < 1.29 is 33.6 Å². The Morgan fingerprint density at radius 2 is 1.49 bits per heavy atom. The van der Waals surface area contributed by atoms with Crippen molar-refractivity contribution in [2.24, 2.45) is 5.41 Å². The molecule has 208 valence electrons. The molecule has 0 heterocycles. The number of carbonyl (C=O) groups excluding carboxylic acids is 2. The van der Waals surface area contributed by atoms with Crippen molar-refractivity contribution >= 4 is 12.1 Å². The molecule has 0 spiro atoms. The monoisotopic (exact) mass is 535 g/mol. The third-order valence-electron chi connectivity index (χ3n) is 6.46. The van der Waals surface area contributed by atoms with Crippen molar-refractivity contribution in [1.82, 2.24) is 4.90 Å². The molecule has 0 aliphatic carbocycles. The summed E-state index contributed by atoms with van der Waals surface area (Å²) in [6, 6.07) is 21.8. The second-order valence-corrected chi connectivity index (χ2v) is 9.79. The molecule has 0 saturated carbocycles. The van der Waals surface area contributed by atoms with Crippen LogP contribution in [0.5, 0.6) is 17.2 Å². The standard InChI is InChI=1S/C31H37NO7/c1-31(2,29(34)39-26-13-10-24(21-33)11-14-26)17-19-32(30(35)38-22-25-8-6-5-7-9-25)18-16-23-12-15-27(36-3)28(20-23)37-4/h5-15,20,33H,16-19,21-22H2,1-4H3. The van der Waals surface area contributed by atoms with Gasteiger partial charge in [0.1, 0.15) is 12.4 Å². The molecule has 0 aliphatic heterocycles. The van der Waals surface area contributed by atoms with Gasteiger partial charge in [-0.3, -0.25) is 4.79 Å². The van der Waals surface area contributed by atoms with E-state index in [2.05, 4.69) is 0 Å². The van der Waals surface area contributed by atoms with E-state index in [1.807, 2.05) is 48.5 Å². The van der Waals surface area contributed by atoms with Crippen molar-refractivity contribution in [3.05, 3.63) is 89.5 Å². The predicted octanol–water partition coefficient (Wildman–Crippen LogP) is 5.40. The fourth-order valence-electron chi connectivity index (χ4n) is 3.83. The molecule has 0 aliphatic rings. The number of esters is 1. The summed E-state index contributed by atoms with van der Waals surface area (Å²) in [5, 5.41) is 9.21. The normalized spacial score (nSPS) is 11.0. The third-order valence-corrected chi connectivity index (χ3v) is 6.46. The zero-order valence-corrected chi connectivity index (χ0v) is 23.0. The Balaban J connectivity index is 1.67. The van der Waals surface area contributed by atoms with Crippen molar-refractivity contribution in [1.29, 1.82) is 0 Å². The molecule has 3 aromatic carbocycles. The van der Waals surface area contributed by atoms with Gasteiger partial charge in [0.25, 0.3) is 0 Å². The number of rotatable bonds is 13. The van der Waals surface area contributed by atoms with E-state index in [0.717, 1.165) is 16.7 Å². The van der Waals surface area contributed by atoms with Crippen LogP contribution < -0.4 is 14.2 Å². The quantitative estimate of drug-likeness (QED) is 0.231. The van der Waals surface area contributed by atoms with E-state index in [-0.39, 0.29) is 13.2 Å². The molecule has 8 heteroatoms. The van der Waals surface area contributed by atoms with E-state index in [9.17, 15) is 14.7 Å². The predicted molar refractivity (Wildman–Crippen MR) is 148 cm³/mol. The number of benzene rings is 3. The Morgan fingerprint density at radius 1 is 0.821 bits per heavy atom. The van der Waals surface area contributed by atoms with Gasteiger partial charge in [0.2, 0.25) is 0 Å². The molecule has 1 N–H and O–H groups in total. The molecule has 3 rings (SSSR count). The molecule has 0 bridgehead atoms. The number of hydrogen-bond acceptors (Lipinski definition) is 7. The Kier molecular flexibility index (Phi) is 10.8. The van der Waals surface area contributed by atoms with Crippen LogP contribution in [0.2, 0.25) is 0 Å². The summed E-state index contributed by atoms with van der Waals surface area (Å²) in [5.41, 5.74) is 1.73. The van der Waals surface area contributed by atoms with Gasteiger partial charge in [-0.25, -0.2) is 4.79 Å². The molecule has 0 radical (unpaired) electrons. The first-order chi connectivity index (χ1) is 18.7. The Hall–Kier alpha value is -4.04. The minimum Gasteiger partial charge on any atom is -0.493 e. The van der Waals surface area contributed by atoms with E-state index < -0.39 is 17.5 Å². The number of carbonyl (C=O) groups is 2. The molecule has 39 heavy (non-hydrogen) atoms. The second-order valence-electron chi connectivity index (χ2n) is 9.79. The molecule has 1 amide bonds. The Morgan fingerprint density at radius 3 is 2.13 bits per heavy atom. The lowest BCUT2D eigenvalue weighted by Crippen LogP contribution is -2.38. The van der Waals surface area contributed by atoms with Crippen molar-refractivity contribution in [2.45, 2.75) is 39.9 Å². The van der Waals surface area contributed by atoms with Gasteiger partial charge in [-0.2, -0.15) is 0 Å². The van der Waals surface area contributed by atoms with E-state index in [0.29, 0.717) is 43.2 Å². The highest BCUT2D eigenvalue weighted by Gasteiger charge is 2.31. The minimum absolute atomic E-state index is 0.0841. The van der Waals surface area contributed by atoms with Gasteiger partial charge >= 0.3 is 12.1 Å². The van der Waals surface area contributed by atoms with Crippen LogP contribution in [0, 0.1) is 5.41 Å². The SMILES string of the molecule is COc1ccc(CCN(CCC(C)(C)C(=O)Oc2ccc(CO)cc2)C(=O)OCc2ccccc2)cc1OC. The van der Waals surface area contributed by atoms with Crippen molar-refractivity contribution in [3.8, 4) is 17.2 Å². The van der Waals surface area contributed by atoms with Gasteiger partial charge < -0.3 is 29.0 Å². The van der Waals surface area contributed by atoms with Gasteiger partial charge in [-0.05, 0) is 67.6 Å². The van der Waals surface area contributed by atoms with Gasteiger partial charge in [-0.15, -0.1) is 0 Å². The minimum atomic E-state index is -0.864. The maximum absolute atomic E-state index is 13.1. The van der Waals surface area contributed by atoms with Crippen molar-refractivity contribution in [3.63, 3.8) is 0 Å². The zero-order chi connectivity index (χ0) is 28.3. The van der Waals surface area contributed by atoms with E-state index in [4.69, 9.17) is 18.9 Å². The van der Waals surface area contributed by atoms with Crippen LogP contribution in [-0.4, -0.2) is 49.4 Å². The molecule has 3 aromatic rings. The molecule has 0 saturated heterocycles. The molecule has 0 atom stereocenters. The number of methoxy groups -OCH3 is 2. The van der Waals surface area contributed by atoms with Crippen LogP contribution in [0.15, 0.2) is 72.8 Å². The molecular weight excluding hydrogens is 498 g/mol. The lowest BCUT2D eigenvalue weighted by molar-refractivity contribution is -0.144. The van der Waals surface area contributed by atoms with E-state index in [1.54, 1.807) is 57.2 Å². The highest BCUT2D eigenvalue weighted by Crippen LogP contribution is 2.28. The first-order valence-electron chi connectivity index (χ1n) is 12.8. The molecular formula is C31H37NO7. The average molecular weight is 536 g/mol.